The van der Waals surface area contributed by atoms with Gasteiger partial charge in [0.2, 0.25) is 0 Å². The van der Waals surface area contributed by atoms with E-state index in [2.05, 4.69) is 34.0 Å². The molecule has 0 amide bonds. The van der Waals surface area contributed by atoms with Crippen LogP contribution >= 0.6 is 0 Å². The molecule has 8 N–H and O–H groups in total. The second-order valence-corrected chi connectivity index (χ2v) is 5.08. The summed E-state index contributed by atoms with van der Waals surface area (Å²) < 4.78 is 0. The third kappa shape index (κ3) is 2.80. The highest BCUT2D eigenvalue weighted by Gasteiger charge is 2.11. The first-order valence-corrected chi connectivity index (χ1v) is 6.97. The van der Waals surface area contributed by atoms with Gasteiger partial charge in [0.1, 0.15) is 5.82 Å². The van der Waals surface area contributed by atoms with E-state index in [1.807, 2.05) is 23.3 Å². The maximum Gasteiger partial charge on any atom is 0.165 e. The van der Waals surface area contributed by atoms with Crippen molar-refractivity contribution in [2.75, 3.05) is 28.4 Å². The monoisotopic (exact) mass is 297 g/mol. The molecule has 0 radical (unpaired) electrons. The molecule has 1 aromatic heterocycles. The fourth-order valence-electron chi connectivity index (χ4n) is 2.46. The van der Waals surface area contributed by atoms with Crippen LogP contribution < -0.4 is 33.2 Å². The van der Waals surface area contributed by atoms with E-state index in [4.69, 9.17) is 17.3 Å². The predicted molar refractivity (Wildman–Crippen MR) is 89.7 cm³/mol. The van der Waals surface area contributed by atoms with Crippen LogP contribution in [0.25, 0.3) is 0 Å². The summed E-state index contributed by atoms with van der Waals surface area (Å²) in [5.74, 6) is 6.20. The number of hydrogen-bond donors (Lipinski definition) is 5. The minimum absolute atomic E-state index is 0.387. The minimum Gasteiger partial charge on any atom is -0.395 e. The minimum atomic E-state index is 0.387. The highest BCUT2D eigenvalue weighted by Crippen LogP contribution is 2.26. The molecular formula is C15H19N7. The topological polar surface area (TPSA) is 118 Å². The molecule has 1 aliphatic heterocycles. The van der Waals surface area contributed by atoms with Gasteiger partial charge in [0, 0.05) is 12.7 Å². The molecule has 0 bridgehead atoms. The molecule has 3 rings (SSSR count). The first-order chi connectivity index (χ1) is 10.7. The molecule has 2 heterocycles. The van der Waals surface area contributed by atoms with E-state index >= 15 is 0 Å². The van der Waals surface area contributed by atoms with Gasteiger partial charge >= 0.3 is 0 Å². The van der Waals surface area contributed by atoms with Gasteiger partial charge in [-0.05, 0) is 35.7 Å². The lowest BCUT2D eigenvalue weighted by Gasteiger charge is -2.17. The van der Waals surface area contributed by atoms with Crippen molar-refractivity contribution in [2.24, 2.45) is 5.84 Å². The van der Waals surface area contributed by atoms with Gasteiger partial charge in [-0.25, -0.2) is 16.3 Å². The number of rotatable bonds is 4. The smallest absolute Gasteiger partial charge is 0.165 e. The number of nitrogen functional groups attached to an aromatic ring is 3. The fraction of sp³-hybridized carbons (Fsp3) is 0.133. The molecule has 0 fully saturated rings. The molecule has 0 unspecified atom stereocenters. The summed E-state index contributed by atoms with van der Waals surface area (Å²) in [6.45, 7) is 0.837. The Kier molecular flexibility index (Phi) is 3.82. The van der Waals surface area contributed by atoms with E-state index < -0.39 is 0 Å². The average Bonchev–Trinajstić information content (AvgIpc) is 3.05. The number of nitrogens with one attached hydrogen (secondary N) is 2. The maximum atomic E-state index is 6.08. The number of nitrogens with zero attached hydrogens (tertiary/aromatic N) is 2. The van der Waals surface area contributed by atoms with Crippen molar-refractivity contribution in [3.63, 3.8) is 0 Å². The van der Waals surface area contributed by atoms with E-state index in [0.717, 1.165) is 23.4 Å². The lowest BCUT2D eigenvalue weighted by atomic mass is 10.0. The van der Waals surface area contributed by atoms with Crippen LogP contribution in [0.15, 0.2) is 42.6 Å². The van der Waals surface area contributed by atoms with E-state index in [1.165, 1.54) is 0 Å². The second-order valence-electron chi connectivity index (χ2n) is 5.08. The summed E-state index contributed by atoms with van der Waals surface area (Å²) in [4.78, 5) is 4.06. The quantitative estimate of drug-likeness (QED) is 0.421. The summed E-state index contributed by atoms with van der Waals surface area (Å²) in [6.07, 6.45) is 4.72. The first kappa shape index (κ1) is 14.2. The Hall–Kier alpha value is -2.77. The van der Waals surface area contributed by atoms with Gasteiger partial charge in [-0.2, -0.15) is 0 Å². The van der Waals surface area contributed by atoms with Crippen molar-refractivity contribution in [3.8, 4) is 0 Å². The van der Waals surface area contributed by atoms with E-state index in [9.17, 15) is 0 Å². The van der Waals surface area contributed by atoms with Crippen molar-refractivity contribution >= 4 is 23.0 Å². The molecule has 22 heavy (non-hydrogen) atoms. The predicted octanol–water partition coefficient (Wildman–Crippen LogP) is 0.961. The van der Waals surface area contributed by atoms with Crippen molar-refractivity contribution in [1.29, 1.82) is 0 Å². The lowest BCUT2D eigenvalue weighted by molar-refractivity contribution is 0.813. The van der Waals surface area contributed by atoms with Crippen LogP contribution in [0.1, 0.15) is 11.1 Å². The molecule has 1 aliphatic rings. The Morgan fingerprint density at radius 3 is 2.86 bits per heavy atom. The molecule has 7 nitrogen and oxygen atoms in total. The molecule has 0 atom stereocenters. The standard InChI is InChI=1S/C15H19N7/c16-13-9-11(14(17)15(20-13)21-18)7-10-3-1-4-12(8-10)22-6-2-5-19-22/h1-4,6,8-9,19H,5,7,17-18H2,(H3,16,20,21). The van der Waals surface area contributed by atoms with Gasteiger partial charge in [0.05, 0.1) is 11.4 Å². The van der Waals surface area contributed by atoms with Gasteiger partial charge in [-0.15, -0.1) is 0 Å². The molecule has 0 saturated heterocycles. The largest absolute Gasteiger partial charge is 0.395 e. The van der Waals surface area contributed by atoms with Crippen LogP contribution in [0, 0.1) is 0 Å². The molecule has 1 aromatic carbocycles. The molecule has 7 heteroatoms. The van der Waals surface area contributed by atoms with E-state index in [1.54, 1.807) is 6.07 Å². The van der Waals surface area contributed by atoms with Crippen molar-refractivity contribution in [1.82, 2.24) is 10.4 Å². The Morgan fingerprint density at radius 2 is 2.14 bits per heavy atom. The average molecular weight is 297 g/mol. The van der Waals surface area contributed by atoms with Crippen LogP contribution in [0.4, 0.5) is 23.0 Å². The highest BCUT2D eigenvalue weighted by atomic mass is 15.5. The summed E-state index contributed by atoms with van der Waals surface area (Å²) in [6, 6.07) is 9.99. The molecule has 2 aromatic rings. The summed E-state index contributed by atoms with van der Waals surface area (Å²) in [5, 5.41) is 1.99. The zero-order valence-corrected chi connectivity index (χ0v) is 12.1. The molecule has 0 aliphatic carbocycles. The van der Waals surface area contributed by atoms with E-state index in [-0.39, 0.29) is 0 Å². The van der Waals surface area contributed by atoms with Crippen LogP contribution in [0.5, 0.6) is 0 Å². The number of hydrogen-bond acceptors (Lipinski definition) is 7. The van der Waals surface area contributed by atoms with Crippen LogP contribution in [-0.2, 0) is 6.42 Å². The van der Waals surface area contributed by atoms with Gasteiger partial charge < -0.3 is 16.9 Å². The Morgan fingerprint density at radius 1 is 1.27 bits per heavy atom. The zero-order valence-electron chi connectivity index (χ0n) is 12.1. The molecule has 0 saturated carbocycles. The van der Waals surface area contributed by atoms with E-state index in [0.29, 0.717) is 23.7 Å². The Labute approximate surface area is 128 Å². The maximum absolute atomic E-state index is 6.08. The lowest BCUT2D eigenvalue weighted by Crippen LogP contribution is -2.28. The normalized spacial score (nSPS) is 13.6. The summed E-state index contributed by atoms with van der Waals surface area (Å²) >= 11 is 0. The first-order valence-electron chi connectivity index (χ1n) is 6.97. The number of pyridine rings is 1. The fourth-order valence-corrected chi connectivity index (χ4v) is 2.46. The van der Waals surface area contributed by atoms with Gasteiger partial charge in [0.25, 0.3) is 0 Å². The third-order valence-corrected chi connectivity index (χ3v) is 3.52. The second kappa shape index (κ2) is 5.92. The Balaban J connectivity index is 1.88. The number of aromatic nitrogens is 1. The van der Waals surface area contributed by atoms with Crippen LogP contribution in [0.3, 0.4) is 0 Å². The van der Waals surface area contributed by atoms with Gasteiger partial charge in [-0.1, -0.05) is 18.2 Å². The number of anilines is 4. The summed E-state index contributed by atoms with van der Waals surface area (Å²) in [7, 11) is 0. The Bertz CT molecular complexity index is 711. The molecule has 114 valence electrons. The highest BCUT2D eigenvalue weighted by molar-refractivity contribution is 5.69. The van der Waals surface area contributed by atoms with Crippen molar-refractivity contribution in [3.05, 3.63) is 53.7 Å². The van der Waals surface area contributed by atoms with Crippen LogP contribution in [-0.4, -0.2) is 11.5 Å². The third-order valence-electron chi connectivity index (χ3n) is 3.52. The molecular weight excluding hydrogens is 278 g/mol. The summed E-state index contributed by atoms with van der Waals surface area (Å²) in [5.41, 5.74) is 21.2. The molecule has 0 spiro atoms. The number of benzene rings is 1. The zero-order chi connectivity index (χ0) is 15.5. The van der Waals surface area contributed by atoms with Gasteiger partial charge in [-0.3, -0.25) is 5.01 Å². The van der Waals surface area contributed by atoms with Crippen LogP contribution in [0.2, 0.25) is 0 Å². The number of hydrazine groups is 2. The van der Waals surface area contributed by atoms with Gasteiger partial charge in [0.15, 0.2) is 5.82 Å². The van der Waals surface area contributed by atoms with Crippen molar-refractivity contribution < 1.29 is 0 Å². The van der Waals surface area contributed by atoms with Crippen molar-refractivity contribution in [2.45, 2.75) is 6.42 Å². The SMILES string of the molecule is NNc1nc(N)cc(Cc2cccc(N3C=CCN3)c2)c1N. The number of nitrogens with two attached hydrogens (primary N) is 3.